The van der Waals surface area contributed by atoms with E-state index in [-0.39, 0.29) is 12.1 Å². The lowest BCUT2D eigenvalue weighted by Crippen LogP contribution is -2.36. The Kier molecular flexibility index (Phi) is 3.49. The van der Waals surface area contributed by atoms with E-state index in [0.29, 0.717) is 11.8 Å². The summed E-state index contributed by atoms with van der Waals surface area (Å²) in [5, 5.41) is 27.9. The van der Waals surface area contributed by atoms with Crippen LogP contribution in [0, 0.1) is 25.7 Å². The molecule has 0 unspecified atom stereocenters. The maximum Gasteiger partial charge on any atom is 0.201 e. The predicted octanol–water partition coefficient (Wildman–Crippen LogP) is 1.39. The van der Waals surface area contributed by atoms with Gasteiger partial charge in [0.15, 0.2) is 0 Å². The Balaban J connectivity index is 1.46. The molecule has 4 heterocycles. The highest BCUT2D eigenvalue weighted by Crippen LogP contribution is 2.43. The quantitative estimate of drug-likeness (QED) is 0.749. The summed E-state index contributed by atoms with van der Waals surface area (Å²) in [5.74, 6) is 1.04. The Morgan fingerprint density at radius 3 is 2.73 bits per heavy atom. The van der Waals surface area contributed by atoms with Crippen LogP contribution in [0.15, 0.2) is 24.8 Å². The van der Waals surface area contributed by atoms with Gasteiger partial charge in [-0.3, -0.25) is 4.68 Å². The van der Waals surface area contributed by atoms with E-state index in [0.717, 1.165) is 48.5 Å². The SMILES string of the molecule is Cc1nn2cnnc2c(N2C[C@H]3C[C@@H](n4cccn4)[C@H](O)C[C@H]3C2)c1C. The molecule has 0 aromatic carbocycles. The highest BCUT2D eigenvalue weighted by Gasteiger charge is 2.43. The molecule has 2 fully saturated rings. The van der Waals surface area contributed by atoms with Crippen LogP contribution in [0.1, 0.15) is 30.1 Å². The van der Waals surface area contributed by atoms with Crippen LogP contribution in [0.2, 0.25) is 0 Å². The van der Waals surface area contributed by atoms with Crippen molar-refractivity contribution < 1.29 is 5.11 Å². The summed E-state index contributed by atoms with van der Waals surface area (Å²) in [7, 11) is 0. The normalized spacial score (nSPS) is 28.7. The Morgan fingerprint density at radius 1 is 1.15 bits per heavy atom. The summed E-state index contributed by atoms with van der Waals surface area (Å²) < 4.78 is 3.68. The van der Waals surface area contributed by atoms with E-state index in [1.165, 1.54) is 0 Å². The van der Waals surface area contributed by atoms with Crippen molar-refractivity contribution in [2.24, 2.45) is 11.8 Å². The molecule has 2 aliphatic rings. The molecule has 1 aliphatic heterocycles. The molecular formula is C18H23N7O. The average Bonchev–Trinajstić information content (AvgIpc) is 3.34. The van der Waals surface area contributed by atoms with Gasteiger partial charge in [-0.1, -0.05) is 0 Å². The molecule has 0 bridgehead atoms. The number of nitrogens with zero attached hydrogens (tertiary/aromatic N) is 7. The number of fused-ring (bicyclic) bond motifs is 2. The fourth-order valence-corrected chi connectivity index (χ4v) is 4.76. The van der Waals surface area contributed by atoms with Crippen LogP contribution >= 0.6 is 0 Å². The Labute approximate surface area is 151 Å². The predicted molar refractivity (Wildman–Crippen MR) is 96.0 cm³/mol. The second kappa shape index (κ2) is 5.77. The first-order valence-electron chi connectivity index (χ1n) is 9.21. The molecule has 8 heteroatoms. The van der Waals surface area contributed by atoms with E-state index in [1.54, 1.807) is 17.0 Å². The van der Waals surface area contributed by atoms with Gasteiger partial charge in [0.05, 0.1) is 23.5 Å². The van der Waals surface area contributed by atoms with E-state index in [2.05, 4.69) is 32.2 Å². The summed E-state index contributed by atoms with van der Waals surface area (Å²) in [5.41, 5.74) is 4.11. The zero-order valence-corrected chi connectivity index (χ0v) is 15.0. The Hall–Kier alpha value is -2.48. The highest BCUT2D eigenvalue weighted by atomic mass is 16.3. The smallest absolute Gasteiger partial charge is 0.201 e. The standard InChI is InChI=1S/C18H23N7O/c1-11-12(2)22-25-10-19-21-18(25)17(11)23-8-13-6-15(24-5-3-4-20-24)16(26)7-14(13)9-23/h3-5,10,13-16,26H,6-9H2,1-2H3/t13-,14+,15-,16-/m1/s1. The molecule has 1 saturated heterocycles. The Bertz CT molecular complexity index is 935. The van der Waals surface area contributed by atoms with Crippen molar-refractivity contribution in [3.05, 3.63) is 36.0 Å². The molecule has 0 amide bonds. The third-order valence-corrected chi connectivity index (χ3v) is 6.19. The molecule has 4 atom stereocenters. The molecule has 1 aliphatic carbocycles. The number of rotatable bonds is 2. The number of aromatic nitrogens is 6. The van der Waals surface area contributed by atoms with Crippen molar-refractivity contribution in [3.8, 4) is 0 Å². The second-order valence-corrected chi connectivity index (χ2v) is 7.68. The minimum absolute atomic E-state index is 0.0691. The number of anilines is 1. The van der Waals surface area contributed by atoms with Crippen LogP contribution in [0.25, 0.3) is 5.65 Å². The van der Waals surface area contributed by atoms with Crippen molar-refractivity contribution in [1.29, 1.82) is 0 Å². The molecule has 0 spiro atoms. The van der Waals surface area contributed by atoms with E-state index < -0.39 is 0 Å². The molecule has 0 radical (unpaired) electrons. The number of hydrogen-bond donors (Lipinski definition) is 1. The van der Waals surface area contributed by atoms with E-state index in [4.69, 9.17) is 0 Å². The summed E-state index contributed by atoms with van der Waals surface area (Å²) in [4.78, 5) is 2.42. The number of aliphatic hydroxyl groups excluding tert-OH is 1. The minimum Gasteiger partial charge on any atom is -0.391 e. The van der Waals surface area contributed by atoms with Gasteiger partial charge in [0, 0.05) is 25.5 Å². The van der Waals surface area contributed by atoms with E-state index >= 15 is 0 Å². The van der Waals surface area contributed by atoms with Gasteiger partial charge in [-0.25, -0.2) is 0 Å². The lowest BCUT2D eigenvalue weighted by Gasteiger charge is -2.35. The van der Waals surface area contributed by atoms with Gasteiger partial charge in [0.1, 0.15) is 6.33 Å². The summed E-state index contributed by atoms with van der Waals surface area (Å²) >= 11 is 0. The molecule has 26 heavy (non-hydrogen) atoms. The first kappa shape index (κ1) is 15.7. The largest absolute Gasteiger partial charge is 0.391 e. The molecule has 1 N–H and O–H groups in total. The maximum absolute atomic E-state index is 10.7. The van der Waals surface area contributed by atoms with Gasteiger partial charge in [0.2, 0.25) is 5.65 Å². The Morgan fingerprint density at radius 2 is 1.96 bits per heavy atom. The zero-order valence-electron chi connectivity index (χ0n) is 15.0. The monoisotopic (exact) mass is 353 g/mol. The van der Waals surface area contributed by atoms with E-state index in [1.807, 2.05) is 23.9 Å². The maximum atomic E-state index is 10.7. The molecule has 8 nitrogen and oxygen atoms in total. The fraction of sp³-hybridized carbons (Fsp3) is 0.556. The van der Waals surface area contributed by atoms with Crippen LogP contribution in [0.5, 0.6) is 0 Å². The fourth-order valence-electron chi connectivity index (χ4n) is 4.76. The van der Waals surface area contributed by atoms with Gasteiger partial charge in [-0.15, -0.1) is 10.2 Å². The van der Waals surface area contributed by atoms with E-state index in [9.17, 15) is 5.11 Å². The molecular weight excluding hydrogens is 330 g/mol. The second-order valence-electron chi connectivity index (χ2n) is 7.68. The molecule has 3 aromatic rings. The molecule has 5 rings (SSSR count). The lowest BCUT2D eigenvalue weighted by molar-refractivity contribution is 0.0306. The first-order valence-corrected chi connectivity index (χ1v) is 9.21. The van der Waals surface area contributed by atoms with Gasteiger partial charge >= 0.3 is 0 Å². The van der Waals surface area contributed by atoms with Gasteiger partial charge in [-0.2, -0.15) is 14.7 Å². The summed E-state index contributed by atoms with van der Waals surface area (Å²) in [6, 6.07) is 1.99. The van der Waals surface area contributed by atoms with Crippen LogP contribution < -0.4 is 4.90 Å². The molecule has 3 aromatic heterocycles. The van der Waals surface area contributed by atoms with Gasteiger partial charge in [-0.05, 0) is 50.2 Å². The minimum atomic E-state index is -0.343. The van der Waals surface area contributed by atoms with Gasteiger partial charge in [0.25, 0.3) is 0 Å². The van der Waals surface area contributed by atoms with Crippen LogP contribution in [0.4, 0.5) is 5.69 Å². The third kappa shape index (κ3) is 2.32. The van der Waals surface area contributed by atoms with Crippen molar-refractivity contribution in [1.82, 2.24) is 29.6 Å². The van der Waals surface area contributed by atoms with Crippen LogP contribution in [-0.4, -0.2) is 53.9 Å². The van der Waals surface area contributed by atoms with Crippen molar-refractivity contribution in [2.45, 2.75) is 38.8 Å². The van der Waals surface area contributed by atoms with Crippen LogP contribution in [0.3, 0.4) is 0 Å². The number of hydrogen-bond acceptors (Lipinski definition) is 6. The molecule has 1 saturated carbocycles. The number of aryl methyl sites for hydroxylation is 1. The average molecular weight is 353 g/mol. The highest BCUT2D eigenvalue weighted by molar-refractivity contribution is 5.73. The van der Waals surface area contributed by atoms with Gasteiger partial charge < -0.3 is 10.0 Å². The zero-order chi connectivity index (χ0) is 17.8. The first-order chi connectivity index (χ1) is 12.6. The lowest BCUT2D eigenvalue weighted by atomic mass is 9.77. The molecule has 136 valence electrons. The van der Waals surface area contributed by atoms with Crippen molar-refractivity contribution in [3.63, 3.8) is 0 Å². The number of aliphatic hydroxyl groups is 1. The van der Waals surface area contributed by atoms with Crippen molar-refractivity contribution >= 4 is 11.3 Å². The summed E-state index contributed by atoms with van der Waals surface area (Å²) in [6.07, 6.45) is 6.83. The van der Waals surface area contributed by atoms with Crippen LogP contribution in [-0.2, 0) is 0 Å². The topological polar surface area (TPSA) is 84.4 Å². The third-order valence-electron chi connectivity index (χ3n) is 6.19. The van der Waals surface area contributed by atoms with Crippen molar-refractivity contribution in [2.75, 3.05) is 18.0 Å². The summed E-state index contributed by atoms with van der Waals surface area (Å²) in [6.45, 7) is 6.05.